The molecule has 0 aliphatic rings. The van der Waals surface area contributed by atoms with Crippen molar-refractivity contribution >= 4 is 51.4 Å². The molecule has 6 nitrogen and oxygen atoms in total. The summed E-state index contributed by atoms with van der Waals surface area (Å²) in [5.41, 5.74) is 12.2. The van der Waals surface area contributed by atoms with Crippen LogP contribution in [0.1, 0.15) is 11.1 Å². The maximum atomic E-state index is 11.6. The van der Waals surface area contributed by atoms with E-state index >= 15 is 0 Å². The Kier molecular flexibility index (Phi) is 8.50. The summed E-state index contributed by atoms with van der Waals surface area (Å²) in [6.07, 6.45) is 0. The zero-order valence-electron chi connectivity index (χ0n) is 12.3. The molecule has 0 fully saturated rings. The molecular formula is C14H20Cl2N4O2S. The molecule has 0 amide bonds. The number of hydrogen-bond acceptors (Lipinski definition) is 4. The van der Waals surface area contributed by atoms with Crippen molar-refractivity contribution in [3.8, 4) is 0 Å². The summed E-state index contributed by atoms with van der Waals surface area (Å²) < 4.78 is 25.7. The predicted octanol–water partition coefficient (Wildman–Crippen LogP) is 1.35. The fraction of sp³-hybridized carbons (Fsp3) is 0.214. The average molecular weight is 379 g/mol. The van der Waals surface area contributed by atoms with Gasteiger partial charge in [0.2, 0.25) is 10.0 Å². The zero-order chi connectivity index (χ0) is 15.5. The number of benzene rings is 2. The highest BCUT2D eigenvalue weighted by molar-refractivity contribution is 7.89. The molecule has 0 unspecified atom stereocenters. The third-order valence-corrected chi connectivity index (χ3v) is 4.46. The maximum absolute atomic E-state index is 11.6. The van der Waals surface area contributed by atoms with Crippen LogP contribution >= 0.6 is 24.8 Å². The van der Waals surface area contributed by atoms with Gasteiger partial charge < -0.3 is 11.5 Å². The molecule has 0 atom stereocenters. The number of halogens is 2. The lowest BCUT2D eigenvalue weighted by Gasteiger charge is -2.08. The van der Waals surface area contributed by atoms with Crippen molar-refractivity contribution in [1.82, 2.24) is 4.72 Å². The Hall–Kier alpha value is -1.38. The zero-order valence-corrected chi connectivity index (χ0v) is 14.7. The molecule has 0 radical (unpaired) electrons. The first-order valence-corrected chi connectivity index (χ1v) is 8.11. The van der Waals surface area contributed by atoms with Gasteiger partial charge >= 0.3 is 0 Å². The number of nitrogens with one attached hydrogen (secondary N) is 2. The van der Waals surface area contributed by atoms with Crippen LogP contribution in [0, 0.1) is 5.41 Å². The third-order valence-electron chi connectivity index (χ3n) is 3.10. The van der Waals surface area contributed by atoms with E-state index in [4.69, 9.17) is 16.9 Å². The molecule has 0 aromatic heterocycles. The van der Waals surface area contributed by atoms with E-state index in [1.165, 1.54) is 0 Å². The van der Waals surface area contributed by atoms with E-state index in [0.717, 1.165) is 16.3 Å². The second-order valence-corrected chi connectivity index (χ2v) is 6.67. The monoisotopic (exact) mass is 378 g/mol. The molecule has 2 aromatic rings. The lowest BCUT2D eigenvalue weighted by atomic mass is 10.0. The van der Waals surface area contributed by atoms with E-state index < -0.39 is 10.0 Å². The number of nitrogen functional groups attached to an aromatic ring is 1. The Morgan fingerprint density at radius 2 is 1.74 bits per heavy atom. The molecule has 0 aliphatic carbocycles. The Morgan fingerprint density at radius 3 is 2.35 bits per heavy atom. The minimum atomic E-state index is -3.33. The smallest absolute Gasteiger partial charge is 0.213 e. The number of rotatable bonds is 6. The molecule has 0 saturated heterocycles. The van der Waals surface area contributed by atoms with Crippen molar-refractivity contribution < 1.29 is 8.42 Å². The number of fused-ring (bicyclic) bond motifs is 1. The molecule has 9 heteroatoms. The first-order valence-electron chi connectivity index (χ1n) is 6.46. The summed E-state index contributed by atoms with van der Waals surface area (Å²) in [5.74, 6) is -0.0827. The maximum Gasteiger partial charge on any atom is 0.213 e. The van der Waals surface area contributed by atoms with Crippen LogP contribution in [0.25, 0.3) is 10.8 Å². The summed E-state index contributed by atoms with van der Waals surface area (Å²) in [4.78, 5) is 0. The van der Waals surface area contributed by atoms with Gasteiger partial charge in [-0.15, -0.1) is 24.8 Å². The summed E-state index contributed by atoms with van der Waals surface area (Å²) in [6.45, 7) is 0.303. The topological polar surface area (TPSA) is 122 Å². The fourth-order valence-electron chi connectivity index (χ4n) is 1.99. The molecule has 23 heavy (non-hydrogen) atoms. The normalized spacial score (nSPS) is 10.7. The van der Waals surface area contributed by atoms with Crippen LogP contribution in [0.3, 0.4) is 0 Å². The third kappa shape index (κ3) is 5.96. The molecule has 6 N–H and O–H groups in total. The molecule has 0 saturated carbocycles. The van der Waals surface area contributed by atoms with Crippen molar-refractivity contribution in [2.45, 2.75) is 6.54 Å². The van der Waals surface area contributed by atoms with Crippen molar-refractivity contribution in [3.63, 3.8) is 0 Å². The summed E-state index contributed by atoms with van der Waals surface area (Å²) in [5, 5.41) is 9.37. The number of hydrogen-bond donors (Lipinski definition) is 4. The van der Waals surface area contributed by atoms with Crippen molar-refractivity contribution in [1.29, 1.82) is 5.41 Å². The summed E-state index contributed by atoms with van der Waals surface area (Å²) in [7, 11) is -3.33. The van der Waals surface area contributed by atoms with Gasteiger partial charge in [0.1, 0.15) is 5.84 Å². The van der Waals surface area contributed by atoms with E-state index in [1.54, 1.807) is 6.07 Å². The van der Waals surface area contributed by atoms with E-state index in [0.29, 0.717) is 5.56 Å². The first kappa shape index (κ1) is 21.6. The second kappa shape index (κ2) is 9.05. The lowest BCUT2D eigenvalue weighted by Crippen LogP contribution is -2.29. The van der Waals surface area contributed by atoms with Gasteiger partial charge in [0.25, 0.3) is 0 Å². The number of nitrogens with two attached hydrogens (primary N) is 2. The van der Waals surface area contributed by atoms with E-state index in [2.05, 4.69) is 4.72 Å². The molecule has 0 aliphatic heterocycles. The molecule has 0 spiro atoms. The number of amidine groups is 1. The van der Waals surface area contributed by atoms with Crippen LogP contribution < -0.4 is 16.2 Å². The van der Waals surface area contributed by atoms with Crippen molar-refractivity contribution in [3.05, 3.63) is 47.5 Å². The van der Waals surface area contributed by atoms with Crippen LogP contribution in [0.5, 0.6) is 0 Å². The van der Waals surface area contributed by atoms with Crippen LogP contribution in [0.2, 0.25) is 0 Å². The first-order chi connectivity index (χ1) is 9.91. The number of sulfonamides is 1. The summed E-state index contributed by atoms with van der Waals surface area (Å²) >= 11 is 0. The van der Waals surface area contributed by atoms with Gasteiger partial charge in [0, 0.05) is 18.7 Å². The predicted molar refractivity (Wildman–Crippen MR) is 99.1 cm³/mol. The van der Waals surface area contributed by atoms with Crippen LogP contribution in [0.4, 0.5) is 0 Å². The van der Waals surface area contributed by atoms with E-state index in [9.17, 15) is 8.42 Å². The van der Waals surface area contributed by atoms with Crippen LogP contribution in [-0.4, -0.2) is 26.6 Å². The van der Waals surface area contributed by atoms with E-state index in [1.807, 2.05) is 30.3 Å². The minimum Gasteiger partial charge on any atom is -0.384 e. The molecular weight excluding hydrogens is 359 g/mol. The lowest BCUT2D eigenvalue weighted by molar-refractivity contribution is 0.581. The Labute approximate surface area is 148 Å². The minimum absolute atomic E-state index is 0. The quantitative estimate of drug-likeness (QED) is 0.447. The summed E-state index contributed by atoms with van der Waals surface area (Å²) in [6, 6.07) is 11.1. The Balaban J connectivity index is 0.00000242. The molecule has 2 aromatic carbocycles. The van der Waals surface area contributed by atoms with Crippen LogP contribution in [-0.2, 0) is 16.6 Å². The molecule has 0 bridgehead atoms. The second-order valence-electron chi connectivity index (χ2n) is 4.74. The fourth-order valence-corrected chi connectivity index (χ4v) is 2.84. The van der Waals surface area contributed by atoms with Crippen molar-refractivity contribution in [2.75, 3.05) is 12.3 Å². The highest BCUT2D eigenvalue weighted by Crippen LogP contribution is 2.18. The van der Waals surface area contributed by atoms with Crippen LogP contribution in [0.15, 0.2) is 36.4 Å². The van der Waals surface area contributed by atoms with E-state index in [-0.39, 0.29) is 49.5 Å². The largest absolute Gasteiger partial charge is 0.384 e. The van der Waals surface area contributed by atoms with Gasteiger partial charge in [0.15, 0.2) is 0 Å². The Morgan fingerprint density at radius 1 is 1.09 bits per heavy atom. The van der Waals surface area contributed by atoms with Gasteiger partial charge in [-0.25, -0.2) is 13.1 Å². The Bertz CT molecular complexity index is 781. The standard InChI is InChI=1S/C14H18N4O2S.2ClH/c15-5-6-21(19,20)18-9-10-1-2-11-3-4-12(14(16)17)8-13(11)7-10;;/h1-4,7-8,18H,5-6,9,15H2,(H3,16,17);2*1H. The van der Waals surface area contributed by atoms with Gasteiger partial charge in [-0.05, 0) is 28.5 Å². The molecule has 2 rings (SSSR count). The highest BCUT2D eigenvalue weighted by atomic mass is 35.5. The van der Waals surface area contributed by atoms with Gasteiger partial charge in [-0.2, -0.15) is 0 Å². The molecule has 128 valence electrons. The van der Waals surface area contributed by atoms with Gasteiger partial charge in [-0.3, -0.25) is 5.41 Å². The van der Waals surface area contributed by atoms with Gasteiger partial charge in [0.05, 0.1) is 5.75 Å². The SMILES string of the molecule is Cl.Cl.N=C(N)c1ccc2ccc(CNS(=O)(=O)CCN)cc2c1. The highest BCUT2D eigenvalue weighted by Gasteiger charge is 2.08. The molecule has 0 heterocycles. The van der Waals surface area contributed by atoms with Gasteiger partial charge in [-0.1, -0.05) is 24.3 Å². The average Bonchev–Trinajstić information content (AvgIpc) is 2.44. The van der Waals surface area contributed by atoms with Crippen molar-refractivity contribution in [2.24, 2.45) is 11.5 Å².